The van der Waals surface area contributed by atoms with E-state index in [4.69, 9.17) is 15.2 Å². The molecular formula is C19H24N2O3. The van der Waals surface area contributed by atoms with Crippen LogP contribution >= 0.6 is 0 Å². The zero-order valence-electron chi connectivity index (χ0n) is 14.1. The molecule has 1 amide bonds. The highest BCUT2D eigenvalue weighted by Crippen LogP contribution is 2.25. The molecule has 0 radical (unpaired) electrons. The third-order valence-corrected chi connectivity index (χ3v) is 3.81. The van der Waals surface area contributed by atoms with Crippen molar-refractivity contribution >= 4 is 11.6 Å². The van der Waals surface area contributed by atoms with Crippen LogP contribution in [-0.2, 0) is 16.0 Å². The van der Waals surface area contributed by atoms with Gasteiger partial charge in [0, 0.05) is 31.3 Å². The second-order valence-electron chi connectivity index (χ2n) is 5.53. The lowest BCUT2D eigenvalue weighted by Gasteiger charge is -2.14. The van der Waals surface area contributed by atoms with Crippen molar-refractivity contribution < 1.29 is 14.3 Å². The maximum Gasteiger partial charge on any atom is 0.227 e. The highest BCUT2D eigenvalue weighted by atomic mass is 16.5. The molecule has 0 spiro atoms. The van der Waals surface area contributed by atoms with Gasteiger partial charge in [0.1, 0.15) is 5.75 Å². The normalized spacial score (nSPS) is 11.8. The Morgan fingerprint density at radius 1 is 1.17 bits per heavy atom. The maximum atomic E-state index is 12.1. The lowest BCUT2D eigenvalue weighted by Crippen LogP contribution is -2.28. The van der Waals surface area contributed by atoms with Crippen LogP contribution in [0.2, 0.25) is 0 Å². The first kappa shape index (κ1) is 18.0. The first-order chi connectivity index (χ1) is 11.7. The zero-order valence-corrected chi connectivity index (χ0v) is 14.1. The van der Waals surface area contributed by atoms with Gasteiger partial charge in [-0.2, -0.15) is 0 Å². The van der Waals surface area contributed by atoms with Crippen molar-refractivity contribution in [3.63, 3.8) is 0 Å². The molecule has 0 aliphatic rings. The molecule has 5 heteroatoms. The van der Waals surface area contributed by atoms with Gasteiger partial charge in [-0.3, -0.25) is 4.79 Å². The lowest BCUT2D eigenvalue weighted by molar-refractivity contribution is -0.118. The predicted molar refractivity (Wildman–Crippen MR) is 95.3 cm³/mol. The van der Waals surface area contributed by atoms with Crippen LogP contribution in [0.15, 0.2) is 48.5 Å². The Bertz CT molecular complexity index is 655. The van der Waals surface area contributed by atoms with E-state index in [1.165, 1.54) is 5.56 Å². The molecule has 0 aliphatic heterocycles. The third kappa shape index (κ3) is 5.08. The molecule has 0 fully saturated rings. The Hall–Kier alpha value is -2.37. The molecule has 2 aromatic rings. The van der Waals surface area contributed by atoms with Crippen LogP contribution < -0.4 is 15.8 Å². The summed E-state index contributed by atoms with van der Waals surface area (Å²) in [6.45, 7) is 0.311. The van der Waals surface area contributed by atoms with E-state index >= 15 is 0 Å². The highest BCUT2D eigenvalue weighted by molar-refractivity contribution is 5.91. The number of ether oxygens (including phenoxy) is 2. The van der Waals surface area contributed by atoms with Crippen LogP contribution in [0.1, 0.15) is 17.5 Å². The summed E-state index contributed by atoms with van der Waals surface area (Å²) in [5, 5.41) is 2.89. The number of rotatable bonds is 8. The van der Waals surface area contributed by atoms with Crippen LogP contribution in [0.25, 0.3) is 0 Å². The van der Waals surface area contributed by atoms with Gasteiger partial charge in [-0.25, -0.2) is 0 Å². The number of hydrogen-bond donors (Lipinski definition) is 2. The molecular weight excluding hydrogens is 304 g/mol. The Balaban J connectivity index is 2.11. The van der Waals surface area contributed by atoms with Gasteiger partial charge in [-0.1, -0.05) is 30.3 Å². The SMILES string of the molecule is COc1ccc(NC(=O)CC(CN)OC)cc1Cc1ccccc1. The van der Waals surface area contributed by atoms with E-state index in [0.29, 0.717) is 6.54 Å². The summed E-state index contributed by atoms with van der Waals surface area (Å²) in [5.74, 6) is 0.678. The molecule has 1 atom stereocenters. The number of carbonyl (C=O) groups excluding carboxylic acids is 1. The molecule has 0 aliphatic carbocycles. The van der Waals surface area contributed by atoms with Crippen molar-refractivity contribution in [2.45, 2.75) is 18.9 Å². The standard InChI is InChI=1S/C19H24N2O3/c1-23-17(13-20)12-19(22)21-16-8-9-18(24-2)15(11-16)10-14-6-4-3-5-7-14/h3-9,11,17H,10,12-13,20H2,1-2H3,(H,21,22). The minimum Gasteiger partial charge on any atom is -0.496 e. The highest BCUT2D eigenvalue weighted by Gasteiger charge is 2.13. The summed E-state index contributed by atoms with van der Waals surface area (Å²) in [6, 6.07) is 15.8. The largest absolute Gasteiger partial charge is 0.496 e. The molecule has 5 nitrogen and oxygen atoms in total. The molecule has 0 heterocycles. The summed E-state index contributed by atoms with van der Waals surface area (Å²) in [6.07, 6.45) is 0.691. The lowest BCUT2D eigenvalue weighted by atomic mass is 10.0. The van der Waals surface area contributed by atoms with E-state index in [9.17, 15) is 4.79 Å². The van der Waals surface area contributed by atoms with Gasteiger partial charge in [0.15, 0.2) is 0 Å². The number of amides is 1. The van der Waals surface area contributed by atoms with Gasteiger partial charge in [0.05, 0.1) is 19.6 Å². The molecule has 0 bridgehead atoms. The second kappa shape index (κ2) is 9.05. The molecule has 0 saturated heterocycles. The Morgan fingerprint density at radius 3 is 2.54 bits per heavy atom. The van der Waals surface area contributed by atoms with Crippen LogP contribution in [0.4, 0.5) is 5.69 Å². The van der Waals surface area contributed by atoms with Gasteiger partial charge >= 0.3 is 0 Å². The maximum absolute atomic E-state index is 12.1. The van der Waals surface area contributed by atoms with Crippen LogP contribution in [0, 0.1) is 0 Å². The Morgan fingerprint density at radius 2 is 1.92 bits per heavy atom. The number of hydrogen-bond acceptors (Lipinski definition) is 4. The fourth-order valence-corrected chi connectivity index (χ4v) is 2.49. The van der Waals surface area contributed by atoms with E-state index in [-0.39, 0.29) is 18.4 Å². The summed E-state index contributed by atoms with van der Waals surface area (Å²) in [7, 11) is 3.20. The number of benzene rings is 2. The molecule has 2 rings (SSSR count). The zero-order chi connectivity index (χ0) is 17.4. The molecule has 0 aromatic heterocycles. The van der Waals surface area contributed by atoms with Gasteiger partial charge in [0.2, 0.25) is 5.91 Å². The first-order valence-electron chi connectivity index (χ1n) is 7.89. The van der Waals surface area contributed by atoms with Crippen molar-refractivity contribution in [3.8, 4) is 5.75 Å². The third-order valence-electron chi connectivity index (χ3n) is 3.81. The van der Waals surface area contributed by atoms with E-state index in [1.54, 1.807) is 14.2 Å². The minimum atomic E-state index is -0.271. The summed E-state index contributed by atoms with van der Waals surface area (Å²) in [5.41, 5.74) is 8.49. The molecule has 2 aromatic carbocycles. The first-order valence-corrected chi connectivity index (χ1v) is 7.89. The number of nitrogens with two attached hydrogens (primary N) is 1. The average Bonchev–Trinajstić information content (AvgIpc) is 2.61. The number of carbonyl (C=O) groups is 1. The number of anilines is 1. The number of nitrogens with one attached hydrogen (secondary N) is 1. The van der Waals surface area contributed by atoms with E-state index in [2.05, 4.69) is 17.4 Å². The molecule has 3 N–H and O–H groups in total. The minimum absolute atomic E-state index is 0.122. The Kier molecular flexibility index (Phi) is 6.78. The van der Waals surface area contributed by atoms with Crippen LogP contribution in [0.5, 0.6) is 5.75 Å². The van der Waals surface area contributed by atoms with Crippen molar-refractivity contribution in [2.24, 2.45) is 5.73 Å². The molecule has 128 valence electrons. The smallest absolute Gasteiger partial charge is 0.227 e. The topological polar surface area (TPSA) is 73.6 Å². The fraction of sp³-hybridized carbons (Fsp3) is 0.316. The van der Waals surface area contributed by atoms with E-state index in [1.807, 2.05) is 36.4 Å². The van der Waals surface area contributed by atoms with Crippen LogP contribution in [0.3, 0.4) is 0 Å². The quantitative estimate of drug-likeness (QED) is 0.781. The van der Waals surface area contributed by atoms with Gasteiger partial charge in [-0.15, -0.1) is 0 Å². The van der Waals surface area contributed by atoms with Gasteiger partial charge in [0.25, 0.3) is 0 Å². The molecule has 0 saturated carbocycles. The Labute approximate surface area is 142 Å². The van der Waals surface area contributed by atoms with Crippen molar-refractivity contribution in [2.75, 3.05) is 26.1 Å². The second-order valence-corrected chi connectivity index (χ2v) is 5.53. The van der Waals surface area contributed by atoms with Crippen molar-refractivity contribution in [1.29, 1.82) is 0 Å². The van der Waals surface area contributed by atoms with Crippen molar-refractivity contribution in [3.05, 3.63) is 59.7 Å². The van der Waals surface area contributed by atoms with Crippen molar-refractivity contribution in [1.82, 2.24) is 0 Å². The summed E-state index contributed by atoms with van der Waals surface area (Å²) in [4.78, 5) is 12.1. The van der Waals surface area contributed by atoms with Gasteiger partial charge < -0.3 is 20.5 Å². The summed E-state index contributed by atoms with van der Waals surface area (Å²) < 4.78 is 10.6. The average molecular weight is 328 g/mol. The monoisotopic (exact) mass is 328 g/mol. The van der Waals surface area contributed by atoms with E-state index < -0.39 is 0 Å². The molecule has 24 heavy (non-hydrogen) atoms. The summed E-state index contributed by atoms with van der Waals surface area (Å²) >= 11 is 0. The predicted octanol–water partition coefficient (Wildman–Crippen LogP) is 2.59. The fourth-order valence-electron chi connectivity index (χ4n) is 2.49. The number of methoxy groups -OCH3 is 2. The van der Waals surface area contributed by atoms with Crippen LogP contribution in [-0.4, -0.2) is 32.8 Å². The molecule has 1 unspecified atom stereocenters. The van der Waals surface area contributed by atoms with Gasteiger partial charge in [-0.05, 0) is 23.8 Å². The van der Waals surface area contributed by atoms with E-state index in [0.717, 1.165) is 23.4 Å².